The lowest BCUT2D eigenvalue weighted by molar-refractivity contribution is -0.384. The summed E-state index contributed by atoms with van der Waals surface area (Å²) < 4.78 is 26.9. The maximum atomic E-state index is 13.5. The molecule has 0 atom stereocenters. The molecule has 22 heavy (non-hydrogen) atoms. The van der Waals surface area contributed by atoms with E-state index in [1.54, 1.807) is 6.07 Å². The number of amides is 1. The van der Waals surface area contributed by atoms with Gasteiger partial charge in [0.2, 0.25) is 5.91 Å². The number of hydrogen-bond acceptors (Lipinski definition) is 3. The lowest BCUT2D eigenvalue weighted by atomic mass is 10.2. The third-order valence-corrected chi connectivity index (χ3v) is 2.74. The van der Waals surface area contributed by atoms with Gasteiger partial charge in [-0.15, -0.1) is 0 Å². The molecule has 7 heteroatoms. The fraction of sp³-hybridized carbons (Fsp3) is 0. The Hall–Kier alpha value is -3.09. The third-order valence-electron chi connectivity index (χ3n) is 2.74. The molecule has 0 fully saturated rings. The molecule has 0 saturated carbocycles. The predicted octanol–water partition coefficient (Wildman–Crippen LogP) is 3.52. The van der Waals surface area contributed by atoms with E-state index < -0.39 is 22.5 Å². The Kier molecular flexibility index (Phi) is 4.57. The number of benzene rings is 2. The molecule has 0 spiro atoms. The zero-order chi connectivity index (χ0) is 16.1. The molecule has 0 radical (unpaired) electrons. The first-order valence-electron chi connectivity index (χ1n) is 6.15. The summed E-state index contributed by atoms with van der Waals surface area (Å²) in [6.07, 6.45) is 2.23. The number of rotatable bonds is 4. The summed E-state index contributed by atoms with van der Waals surface area (Å²) in [7, 11) is 0. The van der Waals surface area contributed by atoms with E-state index in [9.17, 15) is 23.7 Å². The molecule has 0 aliphatic heterocycles. The summed E-state index contributed by atoms with van der Waals surface area (Å²) in [6.45, 7) is 0. The number of halogens is 2. The molecule has 0 aromatic heterocycles. The van der Waals surface area contributed by atoms with Crippen LogP contribution in [0.1, 0.15) is 5.56 Å². The van der Waals surface area contributed by atoms with Gasteiger partial charge in [-0.1, -0.05) is 18.2 Å². The molecule has 1 amide bonds. The molecule has 2 rings (SSSR count). The molecule has 112 valence electrons. The van der Waals surface area contributed by atoms with Crippen molar-refractivity contribution in [1.29, 1.82) is 0 Å². The SMILES string of the molecule is O=C(C=Cc1ccccc1F)Nc1cc([N+](=O)[O-])ccc1F. The second-order valence-electron chi connectivity index (χ2n) is 4.27. The molecule has 0 saturated heterocycles. The third kappa shape index (κ3) is 3.72. The van der Waals surface area contributed by atoms with E-state index >= 15 is 0 Å². The highest BCUT2D eigenvalue weighted by atomic mass is 19.1. The number of carbonyl (C=O) groups is 1. The Labute approximate surface area is 124 Å². The van der Waals surface area contributed by atoms with E-state index in [0.717, 1.165) is 24.3 Å². The Morgan fingerprint density at radius 3 is 2.55 bits per heavy atom. The van der Waals surface area contributed by atoms with Gasteiger partial charge in [0.05, 0.1) is 10.6 Å². The average Bonchev–Trinajstić information content (AvgIpc) is 2.48. The van der Waals surface area contributed by atoms with Gasteiger partial charge in [0.15, 0.2) is 0 Å². The van der Waals surface area contributed by atoms with E-state index in [0.29, 0.717) is 0 Å². The lowest BCUT2D eigenvalue weighted by Gasteiger charge is -2.03. The van der Waals surface area contributed by atoms with Crippen LogP contribution in [-0.2, 0) is 4.79 Å². The fourth-order valence-electron chi connectivity index (χ4n) is 1.67. The molecule has 0 aliphatic rings. The topological polar surface area (TPSA) is 72.2 Å². The molecule has 0 unspecified atom stereocenters. The van der Waals surface area contributed by atoms with Crippen molar-refractivity contribution >= 4 is 23.4 Å². The Bertz CT molecular complexity index is 760. The van der Waals surface area contributed by atoms with Gasteiger partial charge >= 0.3 is 0 Å². The van der Waals surface area contributed by atoms with Crippen LogP contribution in [0.3, 0.4) is 0 Å². The van der Waals surface area contributed by atoms with Crippen molar-refractivity contribution < 1.29 is 18.5 Å². The van der Waals surface area contributed by atoms with Crippen molar-refractivity contribution in [2.24, 2.45) is 0 Å². The molecule has 2 aromatic carbocycles. The zero-order valence-electron chi connectivity index (χ0n) is 11.1. The van der Waals surface area contributed by atoms with Crippen LogP contribution in [-0.4, -0.2) is 10.8 Å². The van der Waals surface area contributed by atoms with Gasteiger partial charge in [0.1, 0.15) is 11.6 Å². The van der Waals surface area contributed by atoms with Gasteiger partial charge in [-0.2, -0.15) is 0 Å². The van der Waals surface area contributed by atoms with Gasteiger partial charge in [-0.25, -0.2) is 8.78 Å². The second kappa shape index (κ2) is 6.57. The van der Waals surface area contributed by atoms with Gasteiger partial charge < -0.3 is 5.32 Å². The minimum Gasteiger partial charge on any atom is -0.320 e. The van der Waals surface area contributed by atoms with E-state index in [1.807, 2.05) is 0 Å². The molecule has 2 aromatic rings. The monoisotopic (exact) mass is 304 g/mol. The highest BCUT2D eigenvalue weighted by molar-refractivity contribution is 6.02. The first-order valence-corrected chi connectivity index (χ1v) is 6.15. The highest BCUT2D eigenvalue weighted by Gasteiger charge is 2.12. The number of nitro groups is 1. The summed E-state index contributed by atoms with van der Waals surface area (Å²) in [5.74, 6) is -2.05. The Balaban J connectivity index is 2.14. The van der Waals surface area contributed by atoms with Crippen LogP contribution < -0.4 is 5.32 Å². The van der Waals surface area contributed by atoms with Gasteiger partial charge in [0.25, 0.3) is 5.69 Å². The van der Waals surface area contributed by atoms with Crippen molar-refractivity contribution in [3.8, 4) is 0 Å². The number of non-ortho nitro benzene ring substituents is 1. The van der Waals surface area contributed by atoms with Crippen molar-refractivity contribution in [3.05, 3.63) is 75.9 Å². The van der Waals surface area contributed by atoms with E-state index in [2.05, 4.69) is 5.32 Å². The summed E-state index contributed by atoms with van der Waals surface area (Å²) in [5, 5.41) is 12.8. The predicted molar refractivity (Wildman–Crippen MR) is 77.1 cm³/mol. The second-order valence-corrected chi connectivity index (χ2v) is 4.27. The van der Waals surface area contributed by atoms with Gasteiger partial charge in [-0.3, -0.25) is 14.9 Å². The van der Waals surface area contributed by atoms with Crippen LogP contribution in [0.2, 0.25) is 0 Å². The van der Waals surface area contributed by atoms with Crippen LogP contribution in [0, 0.1) is 21.7 Å². The standard InChI is InChI=1S/C15H10F2N2O3/c16-12-4-2-1-3-10(12)5-8-15(20)18-14-9-11(19(21)22)6-7-13(14)17/h1-9H,(H,18,20). The van der Waals surface area contributed by atoms with E-state index in [-0.39, 0.29) is 16.9 Å². The van der Waals surface area contributed by atoms with E-state index in [1.165, 1.54) is 24.3 Å². The van der Waals surface area contributed by atoms with Crippen molar-refractivity contribution in [2.75, 3.05) is 5.32 Å². The fourth-order valence-corrected chi connectivity index (χ4v) is 1.67. The van der Waals surface area contributed by atoms with Crippen molar-refractivity contribution in [1.82, 2.24) is 0 Å². The van der Waals surface area contributed by atoms with Crippen molar-refractivity contribution in [2.45, 2.75) is 0 Å². The minimum atomic E-state index is -0.807. The first kappa shape index (κ1) is 15.3. The molecule has 0 aliphatic carbocycles. The maximum Gasteiger partial charge on any atom is 0.271 e. The number of nitrogens with one attached hydrogen (secondary N) is 1. The zero-order valence-corrected chi connectivity index (χ0v) is 11.1. The van der Waals surface area contributed by atoms with Crippen LogP contribution >= 0.6 is 0 Å². The van der Waals surface area contributed by atoms with Gasteiger partial charge in [0, 0.05) is 23.8 Å². The van der Waals surface area contributed by atoms with Crippen LogP contribution in [0.15, 0.2) is 48.5 Å². The van der Waals surface area contributed by atoms with Crippen LogP contribution in [0.4, 0.5) is 20.2 Å². The quantitative estimate of drug-likeness (QED) is 0.533. The minimum absolute atomic E-state index is 0.192. The van der Waals surface area contributed by atoms with Crippen LogP contribution in [0.5, 0.6) is 0 Å². The number of nitro benzene ring substituents is 1. The van der Waals surface area contributed by atoms with Crippen LogP contribution in [0.25, 0.3) is 6.08 Å². The maximum absolute atomic E-state index is 13.5. The number of anilines is 1. The highest BCUT2D eigenvalue weighted by Crippen LogP contribution is 2.21. The number of carbonyl (C=O) groups excluding carboxylic acids is 1. The Morgan fingerprint density at radius 1 is 1.14 bits per heavy atom. The molecule has 5 nitrogen and oxygen atoms in total. The molecular weight excluding hydrogens is 294 g/mol. The molecule has 0 bridgehead atoms. The van der Waals surface area contributed by atoms with Gasteiger partial charge in [-0.05, 0) is 18.2 Å². The molecule has 1 N–H and O–H groups in total. The largest absolute Gasteiger partial charge is 0.320 e. The summed E-state index contributed by atoms with van der Waals surface area (Å²) in [5.41, 5.74) is -0.482. The summed E-state index contributed by atoms with van der Waals surface area (Å²) >= 11 is 0. The smallest absolute Gasteiger partial charge is 0.271 e. The first-order chi connectivity index (χ1) is 10.5. The molecule has 0 heterocycles. The molecular formula is C15H10F2N2O3. The lowest BCUT2D eigenvalue weighted by Crippen LogP contribution is -2.09. The van der Waals surface area contributed by atoms with Crippen molar-refractivity contribution in [3.63, 3.8) is 0 Å². The Morgan fingerprint density at radius 2 is 1.86 bits per heavy atom. The normalized spacial score (nSPS) is 10.6. The summed E-state index contributed by atoms with van der Waals surface area (Å²) in [4.78, 5) is 21.6. The van der Waals surface area contributed by atoms with E-state index in [4.69, 9.17) is 0 Å². The number of hydrogen-bond donors (Lipinski definition) is 1. The number of nitrogens with zero attached hydrogens (tertiary/aromatic N) is 1. The average molecular weight is 304 g/mol. The summed E-state index contributed by atoms with van der Waals surface area (Å²) in [6, 6.07) is 8.58.